The number of rotatable bonds is 5. The van der Waals surface area contributed by atoms with Gasteiger partial charge in [0.2, 0.25) is 10.0 Å². The molecule has 1 heterocycles. The van der Waals surface area contributed by atoms with E-state index in [9.17, 15) is 8.42 Å². The summed E-state index contributed by atoms with van der Waals surface area (Å²) in [5, 5.41) is 0.138. The highest BCUT2D eigenvalue weighted by Crippen LogP contribution is 2.14. The van der Waals surface area contributed by atoms with E-state index in [0.29, 0.717) is 0 Å². The van der Waals surface area contributed by atoms with Gasteiger partial charge in [0.1, 0.15) is 5.15 Å². The highest BCUT2D eigenvalue weighted by atomic mass is 35.5. The van der Waals surface area contributed by atoms with Crippen molar-refractivity contribution in [3.8, 4) is 0 Å². The molecule has 1 rings (SSSR count). The number of methoxy groups -OCH3 is 1. The molecule has 0 aliphatic heterocycles. The number of sulfonamides is 1. The number of nitrogens with zero attached hydrogens (tertiary/aromatic N) is 1. The summed E-state index contributed by atoms with van der Waals surface area (Å²) in [4.78, 5) is 3.81. The van der Waals surface area contributed by atoms with E-state index in [0.717, 1.165) is 0 Å². The van der Waals surface area contributed by atoms with Gasteiger partial charge in [0.25, 0.3) is 0 Å². The van der Waals surface area contributed by atoms with Crippen molar-refractivity contribution in [1.82, 2.24) is 9.71 Å². The predicted molar refractivity (Wildman–Crippen MR) is 65.5 cm³/mol. The molecule has 1 aromatic heterocycles. The van der Waals surface area contributed by atoms with Crippen molar-refractivity contribution in [2.24, 2.45) is 0 Å². The second-order valence-corrected chi connectivity index (χ2v) is 6.26. The molecule has 1 N–H and O–H groups in total. The molecular formula is C10H15ClN2O3S. The minimum atomic E-state index is -3.58. The molecule has 0 amide bonds. The lowest BCUT2D eigenvalue weighted by atomic mass is 10.1. The van der Waals surface area contributed by atoms with Crippen molar-refractivity contribution in [3.05, 3.63) is 23.5 Å². The molecule has 0 saturated carbocycles. The number of halogens is 1. The molecule has 0 radical (unpaired) electrons. The third-order valence-corrected chi connectivity index (χ3v) is 3.85. The molecule has 0 bridgehead atoms. The van der Waals surface area contributed by atoms with E-state index < -0.39 is 15.6 Å². The second-order valence-electron chi connectivity index (χ2n) is 4.10. The smallest absolute Gasteiger partial charge is 0.240 e. The van der Waals surface area contributed by atoms with Gasteiger partial charge in [0.05, 0.1) is 10.5 Å². The Morgan fingerprint density at radius 2 is 2.18 bits per heavy atom. The van der Waals surface area contributed by atoms with Gasteiger partial charge < -0.3 is 4.74 Å². The molecule has 0 aliphatic rings. The Bertz CT molecular complexity index is 488. The predicted octanol–water partition coefficient (Wildman–Crippen LogP) is 1.44. The Balaban J connectivity index is 2.83. The lowest BCUT2D eigenvalue weighted by Gasteiger charge is -2.23. The highest BCUT2D eigenvalue weighted by Gasteiger charge is 2.21. The van der Waals surface area contributed by atoms with E-state index in [1.54, 1.807) is 13.8 Å². The van der Waals surface area contributed by atoms with Crippen LogP contribution >= 0.6 is 11.6 Å². The minimum Gasteiger partial charge on any atom is -0.377 e. The largest absolute Gasteiger partial charge is 0.377 e. The normalized spacial score (nSPS) is 12.7. The molecule has 1 aromatic rings. The zero-order valence-corrected chi connectivity index (χ0v) is 11.5. The van der Waals surface area contributed by atoms with Gasteiger partial charge in [-0.15, -0.1) is 0 Å². The topological polar surface area (TPSA) is 68.3 Å². The molecule has 96 valence electrons. The maximum Gasteiger partial charge on any atom is 0.240 e. The van der Waals surface area contributed by atoms with Crippen LogP contribution in [0.15, 0.2) is 23.2 Å². The first kappa shape index (κ1) is 14.4. The van der Waals surface area contributed by atoms with Gasteiger partial charge in [-0.2, -0.15) is 0 Å². The van der Waals surface area contributed by atoms with Gasteiger partial charge in [-0.3, -0.25) is 0 Å². The average Bonchev–Trinajstić information content (AvgIpc) is 2.27. The Hall–Kier alpha value is -0.690. The van der Waals surface area contributed by atoms with Crippen LogP contribution in [0.2, 0.25) is 5.15 Å². The van der Waals surface area contributed by atoms with Crippen LogP contribution in [0.25, 0.3) is 0 Å². The molecule has 0 saturated heterocycles. The van der Waals surface area contributed by atoms with E-state index in [4.69, 9.17) is 16.3 Å². The van der Waals surface area contributed by atoms with Crippen LogP contribution in [0, 0.1) is 0 Å². The molecule has 0 aromatic carbocycles. The Labute approximate surface area is 106 Å². The molecule has 17 heavy (non-hydrogen) atoms. The SMILES string of the molecule is COC(C)(C)CNS(=O)(=O)c1ccnc(Cl)c1. The summed E-state index contributed by atoms with van der Waals surface area (Å²) < 4.78 is 31.4. The molecule has 0 fully saturated rings. The van der Waals surface area contributed by atoms with Crippen molar-refractivity contribution in [2.45, 2.75) is 24.3 Å². The van der Waals surface area contributed by atoms with E-state index >= 15 is 0 Å². The van der Waals surface area contributed by atoms with Crippen LogP contribution in [0.5, 0.6) is 0 Å². The van der Waals surface area contributed by atoms with E-state index in [1.165, 1.54) is 25.4 Å². The van der Waals surface area contributed by atoms with Crippen LogP contribution in [0.4, 0.5) is 0 Å². The zero-order chi connectivity index (χ0) is 13.1. The van der Waals surface area contributed by atoms with Crippen molar-refractivity contribution in [3.63, 3.8) is 0 Å². The fraction of sp³-hybridized carbons (Fsp3) is 0.500. The summed E-state index contributed by atoms with van der Waals surface area (Å²) >= 11 is 5.64. The van der Waals surface area contributed by atoms with Crippen LogP contribution in [-0.2, 0) is 14.8 Å². The summed E-state index contributed by atoms with van der Waals surface area (Å²) in [5.74, 6) is 0. The lowest BCUT2D eigenvalue weighted by molar-refractivity contribution is 0.0276. The first-order chi connectivity index (χ1) is 7.77. The van der Waals surface area contributed by atoms with Gasteiger partial charge in [-0.05, 0) is 26.0 Å². The molecule has 5 nitrogen and oxygen atoms in total. The van der Waals surface area contributed by atoms with Crippen LogP contribution in [-0.4, -0.2) is 32.7 Å². The lowest BCUT2D eigenvalue weighted by Crippen LogP contribution is -2.39. The summed E-state index contributed by atoms with van der Waals surface area (Å²) in [7, 11) is -2.06. The van der Waals surface area contributed by atoms with Gasteiger partial charge >= 0.3 is 0 Å². The van der Waals surface area contributed by atoms with Crippen LogP contribution < -0.4 is 4.72 Å². The number of ether oxygens (including phenoxy) is 1. The highest BCUT2D eigenvalue weighted by molar-refractivity contribution is 7.89. The minimum absolute atomic E-state index is 0.0874. The van der Waals surface area contributed by atoms with Crippen molar-refractivity contribution in [1.29, 1.82) is 0 Å². The monoisotopic (exact) mass is 278 g/mol. The Kier molecular flexibility index (Phi) is 4.48. The molecule has 0 unspecified atom stereocenters. The molecular weight excluding hydrogens is 264 g/mol. The Morgan fingerprint density at radius 3 is 2.71 bits per heavy atom. The maximum atomic E-state index is 11.9. The second kappa shape index (κ2) is 5.30. The Morgan fingerprint density at radius 1 is 1.53 bits per heavy atom. The van der Waals surface area contributed by atoms with Crippen molar-refractivity contribution < 1.29 is 13.2 Å². The molecule has 7 heteroatoms. The first-order valence-electron chi connectivity index (χ1n) is 4.93. The summed E-state index contributed by atoms with van der Waals surface area (Å²) in [6, 6.07) is 2.68. The van der Waals surface area contributed by atoms with Crippen molar-refractivity contribution in [2.75, 3.05) is 13.7 Å². The van der Waals surface area contributed by atoms with E-state index in [2.05, 4.69) is 9.71 Å². The van der Waals surface area contributed by atoms with Gasteiger partial charge in [-0.25, -0.2) is 18.1 Å². The summed E-state index contributed by atoms with van der Waals surface area (Å²) in [6.07, 6.45) is 1.35. The molecule has 0 aliphatic carbocycles. The van der Waals surface area contributed by atoms with Crippen LogP contribution in [0.3, 0.4) is 0 Å². The standard InChI is InChI=1S/C10H15ClN2O3S/c1-10(2,16-3)7-13-17(14,15)8-4-5-12-9(11)6-8/h4-6,13H,7H2,1-3H3. The maximum absolute atomic E-state index is 11.9. The number of nitrogens with one attached hydrogen (secondary N) is 1. The average molecular weight is 279 g/mol. The quantitative estimate of drug-likeness (QED) is 0.828. The number of aromatic nitrogens is 1. The number of pyridine rings is 1. The molecule has 0 spiro atoms. The molecule has 0 atom stereocenters. The van der Waals surface area contributed by atoms with Gasteiger partial charge in [0.15, 0.2) is 0 Å². The summed E-state index contributed by atoms with van der Waals surface area (Å²) in [5.41, 5.74) is -0.566. The van der Waals surface area contributed by atoms with Crippen molar-refractivity contribution >= 4 is 21.6 Å². The third-order valence-electron chi connectivity index (χ3n) is 2.25. The fourth-order valence-electron chi connectivity index (χ4n) is 0.976. The third kappa shape index (κ3) is 4.23. The zero-order valence-electron chi connectivity index (χ0n) is 9.90. The van der Waals surface area contributed by atoms with E-state index in [1.807, 2.05) is 0 Å². The number of hydrogen-bond acceptors (Lipinski definition) is 4. The van der Waals surface area contributed by atoms with Gasteiger partial charge in [0, 0.05) is 19.9 Å². The fourth-order valence-corrected chi connectivity index (χ4v) is 2.43. The van der Waals surface area contributed by atoms with Gasteiger partial charge in [-0.1, -0.05) is 11.6 Å². The summed E-state index contributed by atoms with van der Waals surface area (Å²) in [6.45, 7) is 3.75. The van der Waals surface area contributed by atoms with E-state index in [-0.39, 0.29) is 16.6 Å². The van der Waals surface area contributed by atoms with Crippen LogP contribution in [0.1, 0.15) is 13.8 Å². The number of hydrogen-bond donors (Lipinski definition) is 1. The first-order valence-corrected chi connectivity index (χ1v) is 6.79.